The van der Waals surface area contributed by atoms with Gasteiger partial charge in [0.05, 0.1) is 0 Å². The molecule has 0 bridgehead atoms. The number of nitrogens with zero attached hydrogens (tertiary/aromatic N) is 1. The second-order valence-corrected chi connectivity index (χ2v) is 5.01. The number of carbonyl (C=O) groups excluding carboxylic acids is 1. The van der Waals surface area contributed by atoms with E-state index in [0.29, 0.717) is 6.42 Å². The van der Waals surface area contributed by atoms with Crippen molar-refractivity contribution in [3.63, 3.8) is 0 Å². The highest BCUT2D eigenvalue weighted by atomic mass is 19.4. The van der Waals surface area contributed by atoms with E-state index < -0.39 is 24.6 Å². The van der Waals surface area contributed by atoms with Crippen LogP contribution in [0.15, 0.2) is 0 Å². The molecule has 1 amide bonds. The molecule has 1 rings (SSSR count). The standard InChI is InChI=1S/C9H16BF3NO2/c1-9(2,3)16-8(15)14-6-4-5-7(14)10(11,12)13/h7H,4-6H2,1-3H3/q-1/t7-/m0/s1. The highest BCUT2D eigenvalue weighted by molar-refractivity contribution is 6.60. The molecule has 1 saturated heterocycles. The summed E-state index contributed by atoms with van der Waals surface area (Å²) in [5.41, 5.74) is -0.761. The van der Waals surface area contributed by atoms with Gasteiger partial charge in [-0.3, -0.25) is 0 Å². The second-order valence-electron chi connectivity index (χ2n) is 5.01. The van der Waals surface area contributed by atoms with Crippen LogP contribution in [0.2, 0.25) is 0 Å². The van der Waals surface area contributed by atoms with E-state index in [2.05, 4.69) is 0 Å². The Kier molecular flexibility index (Phi) is 3.45. The first-order valence-electron chi connectivity index (χ1n) is 5.31. The molecule has 16 heavy (non-hydrogen) atoms. The van der Waals surface area contributed by atoms with Crippen molar-refractivity contribution in [2.45, 2.75) is 45.2 Å². The summed E-state index contributed by atoms with van der Waals surface area (Å²) < 4.78 is 42.8. The van der Waals surface area contributed by atoms with E-state index in [-0.39, 0.29) is 13.0 Å². The Hall–Kier alpha value is -0.875. The summed E-state index contributed by atoms with van der Waals surface area (Å²) in [5.74, 6) is -1.63. The first-order chi connectivity index (χ1) is 7.11. The van der Waals surface area contributed by atoms with Crippen molar-refractivity contribution in [1.29, 1.82) is 0 Å². The lowest BCUT2D eigenvalue weighted by Crippen LogP contribution is -2.49. The molecule has 0 spiro atoms. The van der Waals surface area contributed by atoms with Gasteiger partial charge in [-0.05, 0) is 27.2 Å². The number of rotatable bonds is 1. The van der Waals surface area contributed by atoms with Crippen LogP contribution < -0.4 is 0 Å². The van der Waals surface area contributed by atoms with Crippen LogP contribution in [0, 0.1) is 0 Å². The van der Waals surface area contributed by atoms with Gasteiger partial charge >= 0.3 is 13.1 Å². The third-order valence-corrected chi connectivity index (χ3v) is 2.36. The van der Waals surface area contributed by atoms with Crippen LogP contribution >= 0.6 is 0 Å². The first kappa shape index (κ1) is 13.2. The van der Waals surface area contributed by atoms with Crippen LogP contribution in [0.1, 0.15) is 33.6 Å². The van der Waals surface area contributed by atoms with Gasteiger partial charge in [0.25, 0.3) is 0 Å². The lowest BCUT2D eigenvalue weighted by atomic mass is 9.78. The number of likely N-dealkylation sites (tertiary alicyclic amines) is 1. The third kappa shape index (κ3) is 3.32. The minimum atomic E-state index is -5.01. The quantitative estimate of drug-likeness (QED) is 0.657. The summed E-state index contributed by atoms with van der Waals surface area (Å²) >= 11 is 0. The largest absolute Gasteiger partial charge is 0.500 e. The summed E-state index contributed by atoms with van der Waals surface area (Å²) in [6.07, 6.45) is -0.498. The van der Waals surface area contributed by atoms with Crippen LogP contribution in [-0.2, 0) is 4.74 Å². The Morgan fingerprint density at radius 1 is 1.38 bits per heavy atom. The summed E-state index contributed by atoms with van der Waals surface area (Å²) in [7, 11) is 0. The molecule has 0 aromatic heterocycles. The van der Waals surface area contributed by atoms with Gasteiger partial charge in [0.2, 0.25) is 0 Å². The number of amides is 1. The Labute approximate surface area is 93.0 Å². The minimum Gasteiger partial charge on any atom is -0.448 e. The molecular weight excluding hydrogens is 222 g/mol. The molecule has 3 nitrogen and oxygen atoms in total. The lowest BCUT2D eigenvalue weighted by Gasteiger charge is -2.33. The van der Waals surface area contributed by atoms with Crippen molar-refractivity contribution in [1.82, 2.24) is 4.90 Å². The molecule has 0 unspecified atom stereocenters. The van der Waals surface area contributed by atoms with Crippen LogP contribution in [0.25, 0.3) is 0 Å². The van der Waals surface area contributed by atoms with Gasteiger partial charge in [0, 0.05) is 12.5 Å². The highest BCUT2D eigenvalue weighted by Crippen LogP contribution is 2.30. The van der Waals surface area contributed by atoms with Gasteiger partial charge in [0.15, 0.2) is 0 Å². The summed E-state index contributed by atoms with van der Waals surface area (Å²) in [5, 5.41) is 0. The normalized spacial score (nSPS) is 22.4. The fourth-order valence-corrected chi connectivity index (χ4v) is 1.73. The van der Waals surface area contributed by atoms with Gasteiger partial charge in [-0.15, -0.1) is 0 Å². The van der Waals surface area contributed by atoms with Gasteiger partial charge in [-0.25, -0.2) is 4.79 Å². The maximum Gasteiger partial charge on any atom is 0.500 e. The predicted molar refractivity (Wildman–Crippen MR) is 55.0 cm³/mol. The molecule has 0 radical (unpaired) electrons. The van der Waals surface area contributed by atoms with Crippen LogP contribution in [0.3, 0.4) is 0 Å². The maximum absolute atomic E-state index is 12.6. The zero-order valence-corrected chi connectivity index (χ0v) is 9.67. The molecule has 0 aromatic carbocycles. The fraction of sp³-hybridized carbons (Fsp3) is 0.889. The van der Waals surface area contributed by atoms with Gasteiger partial charge in [-0.2, -0.15) is 0 Å². The molecule has 0 aromatic rings. The Morgan fingerprint density at radius 2 is 1.94 bits per heavy atom. The Bertz CT molecular complexity index is 275. The summed E-state index contributed by atoms with van der Waals surface area (Å²) in [6, 6.07) is 0. The molecule has 0 N–H and O–H groups in total. The molecule has 7 heteroatoms. The fourth-order valence-electron chi connectivity index (χ4n) is 1.73. The second kappa shape index (κ2) is 4.18. The van der Waals surface area contributed by atoms with Crippen molar-refractivity contribution in [3.05, 3.63) is 0 Å². The van der Waals surface area contributed by atoms with Crippen molar-refractivity contribution >= 4 is 13.1 Å². The zero-order valence-electron chi connectivity index (χ0n) is 9.67. The molecule has 1 atom stereocenters. The summed E-state index contributed by atoms with van der Waals surface area (Å²) in [4.78, 5) is 12.3. The van der Waals surface area contributed by atoms with E-state index in [4.69, 9.17) is 4.74 Å². The minimum absolute atomic E-state index is 0.0112. The van der Waals surface area contributed by atoms with Crippen LogP contribution in [0.5, 0.6) is 0 Å². The van der Waals surface area contributed by atoms with Crippen LogP contribution in [-0.4, -0.2) is 36.1 Å². The Balaban J connectivity index is 2.69. The molecule has 1 heterocycles. The average Bonchev–Trinajstić information content (AvgIpc) is 2.45. The topological polar surface area (TPSA) is 29.5 Å². The van der Waals surface area contributed by atoms with E-state index in [1.165, 1.54) is 0 Å². The number of carbonyl (C=O) groups is 1. The zero-order chi connectivity index (χ0) is 12.6. The van der Waals surface area contributed by atoms with Gasteiger partial charge < -0.3 is 22.6 Å². The van der Waals surface area contributed by atoms with E-state index in [1.807, 2.05) is 0 Å². The summed E-state index contributed by atoms with van der Waals surface area (Å²) in [6.45, 7) is 0.0144. The highest BCUT2D eigenvalue weighted by Gasteiger charge is 2.44. The van der Waals surface area contributed by atoms with Crippen molar-refractivity contribution in [3.8, 4) is 0 Å². The molecule has 1 aliphatic heterocycles. The molecule has 94 valence electrons. The van der Waals surface area contributed by atoms with E-state index in [0.717, 1.165) is 4.90 Å². The van der Waals surface area contributed by atoms with Crippen molar-refractivity contribution in [2.75, 3.05) is 6.54 Å². The van der Waals surface area contributed by atoms with E-state index >= 15 is 0 Å². The number of hydrogen-bond acceptors (Lipinski definition) is 2. The van der Waals surface area contributed by atoms with E-state index in [1.54, 1.807) is 20.8 Å². The first-order valence-corrected chi connectivity index (χ1v) is 5.31. The molecule has 0 aliphatic carbocycles. The van der Waals surface area contributed by atoms with Crippen molar-refractivity contribution in [2.24, 2.45) is 0 Å². The van der Waals surface area contributed by atoms with Gasteiger partial charge in [-0.1, -0.05) is 6.42 Å². The predicted octanol–water partition coefficient (Wildman–Crippen LogP) is 2.77. The smallest absolute Gasteiger partial charge is 0.448 e. The lowest BCUT2D eigenvalue weighted by molar-refractivity contribution is 0.0248. The van der Waals surface area contributed by atoms with E-state index in [9.17, 15) is 17.7 Å². The Morgan fingerprint density at radius 3 is 2.38 bits per heavy atom. The van der Waals surface area contributed by atoms with Crippen molar-refractivity contribution < 1.29 is 22.5 Å². The number of halogens is 3. The molecule has 1 fully saturated rings. The molecule has 0 saturated carbocycles. The van der Waals surface area contributed by atoms with Gasteiger partial charge in [0.1, 0.15) is 5.60 Å². The molecule has 1 aliphatic rings. The maximum atomic E-state index is 12.6. The average molecular weight is 238 g/mol. The number of hydrogen-bond donors (Lipinski definition) is 0. The monoisotopic (exact) mass is 238 g/mol. The SMILES string of the molecule is CC(C)(C)OC(=O)N1CCC[C@H]1[B-](F)(F)F. The number of ether oxygens (including phenoxy) is 1. The third-order valence-electron chi connectivity index (χ3n) is 2.36. The van der Waals surface area contributed by atoms with Crippen LogP contribution in [0.4, 0.5) is 17.7 Å². The molecular formula is C9H16BF3NO2-.